The van der Waals surface area contributed by atoms with Crippen LogP contribution in [0.1, 0.15) is 48.2 Å². The zero-order valence-electron chi connectivity index (χ0n) is 24.2. The Morgan fingerprint density at radius 3 is 2.25 bits per heavy atom. The van der Waals surface area contributed by atoms with E-state index in [1.165, 1.54) is 0 Å². The number of carbonyl (C=O) groups excluding carboxylic acids is 1. The van der Waals surface area contributed by atoms with E-state index in [2.05, 4.69) is 35.1 Å². The number of nitrogens with one attached hydrogen (secondary N) is 1. The number of aliphatic imine (C=N–C) groups is 1. The molecule has 220 valence electrons. The topological polar surface area (TPSA) is 96.7 Å². The Morgan fingerprint density at radius 1 is 0.886 bits per heavy atom. The van der Waals surface area contributed by atoms with Crippen molar-refractivity contribution < 1.29 is 13.2 Å². The first kappa shape index (κ1) is 28.2. The molecular formula is C34H28BrN5O3S. The third-order valence-electron chi connectivity index (χ3n) is 8.08. The van der Waals surface area contributed by atoms with Gasteiger partial charge in [-0.2, -0.15) is 5.10 Å². The molecule has 1 aromatic heterocycles. The number of halogens is 1. The molecule has 0 spiro atoms. The number of sulfone groups is 1. The van der Waals surface area contributed by atoms with E-state index in [4.69, 9.17) is 10.1 Å². The van der Waals surface area contributed by atoms with Gasteiger partial charge in [-0.3, -0.25) is 4.79 Å². The molecule has 0 aliphatic carbocycles. The zero-order valence-corrected chi connectivity index (χ0v) is 26.6. The molecule has 5 aromatic rings. The zero-order chi connectivity index (χ0) is 30.7. The molecule has 0 saturated heterocycles. The van der Waals surface area contributed by atoms with Crippen LogP contribution in [0.3, 0.4) is 0 Å². The van der Waals surface area contributed by atoms with E-state index in [0.717, 1.165) is 32.5 Å². The highest BCUT2D eigenvalue weighted by atomic mass is 79.9. The number of hydrogen-bond donors (Lipinski definition) is 1. The van der Waals surface area contributed by atoms with Gasteiger partial charge >= 0.3 is 0 Å². The van der Waals surface area contributed by atoms with Gasteiger partial charge in [-0.25, -0.2) is 18.1 Å². The summed E-state index contributed by atoms with van der Waals surface area (Å²) in [5.74, 6) is 0.770. The van der Waals surface area contributed by atoms with E-state index in [1.807, 2.05) is 72.5 Å². The molecule has 0 radical (unpaired) electrons. The second-order valence-corrected chi connectivity index (χ2v) is 14.1. The Bertz CT molecular complexity index is 2080. The maximum Gasteiger partial charge on any atom is 0.291 e. The molecule has 44 heavy (non-hydrogen) atoms. The minimum atomic E-state index is -3.71. The predicted molar refractivity (Wildman–Crippen MR) is 175 cm³/mol. The summed E-state index contributed by atoms with van der Waals surface area (Å²) in [5, 5.41) is 7.84. The lowest BCUT2D eigenvalue weighted by Crippen LogP contribution is -2.48. The van der Waals surface area contributed by atoms with Gasteiger partial charge in [-0.1, -0.05) is 66.2 Å². The number of aromatic nitrogens is 2. The van der Waals surface area contributed by atoms with Crippen LogP contribution in [0.25, 0.3) is 5.69 Å². The minimum Gasteiger partial charge on any atom is -0.317 e. The normalized spacial score (nSPS) is 15.8. The maximum atomic E-state index is 13.5. The lowest BCUT2D eigenvalue weighted by molar-refractivity contribution is -0.110. The van der Waals surface area contributed by atoms with Crippen molar-refractivity contribution in [2.45, 2.75) is 42.5 Å². The summed E-state index contributed by atoms with van der Waals surface area (Å²) in [5.41, 5.74) is 5.83. The molecule has 1 atom stereocenters. The van der Waals surface area contributed by atoms with E-state index in [0.29, 0.717) is 23.1 Å². The second kappa shape index (κ2) is 10.6. The van der Waals surface area contributed by atoms with E-state index >= 15 is 0 Å². The Labute approximate surface area is 264 Å². The monoisotopic (exact) mass is 665 g/mol. The summed E-state index contributed by atoms with van der Waals surface area (Å²) >= 11 is 3.61. The van der Waals surface area contributed by atoms with Crippen LogP contribution in [0.5, 0.6) is 0 Å². The first-order valence-corrected chi connectivity index (χ1v) is 16.5. The molecule has 4 aromatic carbocycles. The summed E-state index contributed by atoms with van der Waals surface area (Å²) < 4.78 is 29.4. The smallest absolute Gasteiger partial charge is 0.291 e. The van der Waals surface area contributed by atoms with Gasteiger partial charge in [-0.05, 0) is 84.6 Å². The van der Waals surface area contributed by atoms with Crippen LogP contribution in [0, 0.1) is 6.92 Å². The van der Waals surface area contributed by atoms with Gasteiger partial charge in [-0.15, -0.1) is 0 Å². The number of rotatable bonds is 5. The van der Waals surface area contributed by atoms with Crippen molar-refractivity contribution in [3.8, 4) is 5.69 Å². The Kier molecular flexibility index (Phi) is 6.78. The predicted octanol–water partition coefficient (Wildman–Crippen LogP) is 7.49. The van der Waals surface area contributed by atoms with Crippen molar-refractivity contribution in [3.05, 3.63) is 124 Å². The fourth-order valence-corrected chi connectivity index (χ4v) is 7.53. The summed E-state index contributed by atoms with van der Waals surface area (Å²) in [7, 11) is -3.71. The molecule has 2 aliphatic rings. The number of fused-ring (bicyclic) bond motifs is 4. The van der Waals surface area contributed by atoms with Gasteiger partial charge in [0.2, 0.25) is 15.7 Å². The molecule has 2 aliphatic heterocycles. The molecular weight excluding hydrogens is 638 g/mol. The van der Waals surface area contributed by atoms with E-state index in [-0.39, 0.29) is 27.6 Å². The number of amides is 1. The number of amidine groups is 1. The van der Waals surface area contributed by atoms with E-state index < -0.39 is 9.84 Å². The molecule has 7 rings (SSSR count). The number of nitrogens with zero attached hydrogens (tertiary/aromatic N) is 4. The average molecular weight is 667 g/mol. The van der Waals surface area contributed by atoms with E-state index in [9.17, 15) is 13.2 Å². The summed E-state index contributed by atoms with van der Waals surface area (Å²) in [6.07, 6.45) is 0. The molecule has 0 fully saturated rings. The maximum absolute atomic E-state index is 13.5. The number of hydrogen-bond acceptors (Lipinski definition) is 6. The highest BCUT2D eigenvalue weighted by Gasteiger charge is 2.42. The van der Waals surface area contributed by atoms with Gasteiger partial charge in [0, 0.05) is 10.0 Å². The van der Waals surface area contributed by atoms with Gasteiger partial charge in [0.25, 0.3) is 5.91 Å². The van der Waals surface area contributed by atoms with Crippen LogP contribution in [-0.4, -0.2) is 29.9 Å². The third-order valence-corrected chi connectivity index (χ3v) is 10.4. The number of benzene rings is 4. The molecule has 3 heterocycles. The second-order valence-electron chi connectivity index (χ2n) is 11.2. The van der Waals surface area contributed by atoms with Crippen LogP contribution >= 0.6 is 15.9 Å². The number of para-hydroxylation sites is 2. The first-order valence-electron chi connectivity index (χ1n) is 14.2. The fraction of sp³-hybridized carbons (Fsp3) is 0.147. The summed E-state index contributed by atoms with van der Waals surface area (Å²) in [6, 6.07) is 28.9. The quantitative estimate of drug-likeness (QED) is 0.210. The summed E-state index contributed by atoms with van der Waals surface area (Å²) in [6.45, 7) is 6.07. The van der Waals surface area contributed by atoms with Crippen LogP contribution < -0.4 is 10.2 Å². The lowest BCUT2D eigenvalue weighted by atomic mass is 9.93. The van der Waals surface area contributed by atoms with Crippen molar-refractivity contribution in [2.24, 2.45) is 4.99 Å². The molecule has 0 unspecified atom stereocenters. The van der Waals surface area contributed by atoms with Crippen LogP contribution in [0.15, 0.2) is 116 Å². The highest BCUT2D eigenvalue weighted by molar-refractivity contribution is 9.10. The Morgan fingerprint density at radius 2 is 1.57 bits per heavy atom. The average Bonchev–Trinajstić information content (AvgIpc) is 3.36. The Hall–Kier alpha value is -4.54. The van der Waals surface area contributed by atoms with Crippen LogP contribution in [0.4, 0.5) is 17.2 Å². The van der Waals surface area contributed by atoms with Gasteiger partial charge in [0.1, 0.15) is 0 Å². The first-order chi connectivity index (χ1) is 21.1. The van der Waals surface area contributed by atoms with E-state index in [1.54, 1.807) is 41.1 Å². The SMILES string of the molecule is Cc1nn(-c2ccc(S(=O)(=O)c3ccc(C(C)C)cc3)cc2)c2c1[C@H](c1cccc(Br)c1)N1C(=N2)C(=O)Nc2ccccc21. The summed E-state index contributed by atoms with van der Waals surface area (Å²) in [4.78, 5) is 20.7. The van der Waals surface area contributed by atoms with Gasteiger partial charge in [0.15, 0.2) is 5.82 Å². The fourth-order valence-electron chi connectivity index (χ4n) is 5.85. The molecule has 8 nitrogen and oxygen atoms in total. The van der Waals surface area contributed by atoms with Crippen LogP contribution in [-0.2, 0) is 14.6 Å². The minimum absolute atomic E-state index is 0.184. The van der Waals surface area contributed by atoms with Crippen molar-refractivity contribution in [3.63, 3.8) is 0 Å². The number of anilines is 2. The van der Waals surface area contributed by atoms with Crippen molar-refractivity contribution >= 4 is 54.7 Å². The standard InChI is InChI=1S/C34H28BrN5O3S/c1-20(2)22-11-15-26(16-12-22)44(42,43)27-17-13-25(14-18-27)40-32-30(21(3)38-40)31(23-7-6-8-24(35)19-23)39-29-10-5-4-9-28(29)36-34(41)33(39)37-32/h4-20,31H,1-3H3,(H,36,41)/t31-/m0/s1. The Balaban J connectivity index is 1.35. The van der Waals surface area contributed by atoms with Crippen LogP contribution in [0.2, 0.25) is 0 Å². The van der Waals surface area contributed by atoms with Crippen molar-refractivity contribution in [1.82, 2.24) is 9.78 Å². The molecule has 0 bridgehead atoms. The van der Waals surface area contributed by atoms with Gasteiger partial charge < -0.3 is 10.2 Å². The molecule has 1 amide bonds. The van der Waals surface area contributed by atoms with Gasteiger partial charge in [0.05, 0.1) is 38.6 Å². The molecule has 10 heteroatoms. The largest absolute Gasteiger partial charge is 0.317 e. The number of carbonyl (C=O) groups is 1. The van der Waals surface area contributed by atoms with Crippen molar-refractivity contribution in [1.29, 1.82) is 0 Å². The molecule has 0 saturated carbocycles. The highest BCUT2D eigenvalue weighted by Crippen LogP contribution is 2.47. The molecule has 1 N–H and O–H groups in total. The lowest BCUT2D eigenvalue weighted by Gasteiger charge is -2.40. The third kappa shape index (κ3) is 4.56. The number of aryl methyl sites for hydroxylation is 1. The van der Waals surface area contributed by atoms with Crippen molar-refractivity contribution in [2.75, 3.05) is 10.2 Å².